The van der Waals surface area contributed by atoms with E-state index in [4.69, 9.17) is 29.0 Å². The van der Waals surface area contributed by atoms with Crippen LogP contribution in [0.25, 0.3) is 0 Å². The SMILES string of the molecule is Cc1ccc(NN)c(C(=O)Nc2ccc(Br)c(Cl)c2Cl)c1. The van der Waals surface area contributed by atoms with Gasteiger partial charge < -0.3 is 10.7 Å². The fourth-order valence-corrected chi connectivity index (χ4v) is 2.61. The summed E-state index contributed by atoms with van der Waals surface area (Å²) in [7, 11) is 0. The van der Waals surface area contributed by atoms with E-state index < -0.39 is 0 Å². The molecule has 0 saturated carbocycles. The molecule has 0 unspecified atom stereocenters. The fraction of sp³-hybridized carbons (Fsp3) is 0.0714. The standard InChI is InChI=1S/C14H12BrCl2N3O/c1-7-2-4-10(20-18)8(6-7)14(21)19-11-5-3-9(15)12(16)13(11)17/h2-6,20H,18H2,1H3,(H,19,21). The molecular formula is C14H12BrCl2N3O. The van der Waals surface area contributed by atoms with Gasteiger partial charge in [-0.25, -0.2) is 0 Å². The Kier molecular flexibility index (Phi) is 5.11. The Hall–Kier alpha value is -1.27. The summed E-state index contributed by atoms with van der Waals surface area (Å²) in [5, 5.41) is 3.34. The Morgan fingerprint density at radius 2 is 1.81 bits per heavy atom. The number of hydrogen-bond acceptors (Lipinski definition) is 3. The van der Waals surface area contributed by atoms with Gasteiger partial charge in [-0.2, -0.15) is 0 Å². The third-order valence-electron chi connectivity index (χ3n) is 2.86. The van der Waals surface area contributed by atoms with Crippen molar-refractivity contribution in [3.8, 4) is 0 Å². The van der Waals surface area contributed by atoms with Gasteiger partial charge in [0.15, 0.2) is 0 Å². The molecule has 0 fully saturated rings. The minimum absolute atomic E-state index is 0.273. The third kappa shape index (κ3) is 3.49. The molecule has 0 radical (unpaired) electrons. The van der Waals surface area contributed by atoms with Crippen LogP contribution < -0.4 is 16.6 Å². The molecule has 1 amide bonds. The summed E-state index contributed by atoms with van der Waals surface area (Å²) in [5.41, 5.74) is 4.82. The summed E-state index contributed by atoms with van der Waals surface area (Å²) >= 11 is 15.4. The number of hydrazine groups is 1. The van der Waals surface area contributed by atoms with Crippen molar-refractivity contribution in [1.29, 1.82) is 0 Å². The Balaban J connectivity index is 2.35. The number of amides is 1. The van der Waals surface area contributed by atoms with Crippen LogP contribution in [-0.4, -0.2) is 5.91 Å². The first-order valence-corrected chi connectivity index (χ1v) is 7.51. The molecule has 21 heavy (non-hydrogen) atoms. The maximum atomic E-state index is 12.4. The van der Waals surface area contributed by atoms with Gasteiger partial charge in [0.1, 0.15) is 0 Å². The fourth-order valence-electron chi connectivity index (χ4n) is 1.78. The van der Waals surface area contributed by atoms with Crippen LogP contribution in [0.1, 0.15) is 15.9 Å². The quantitative estimate of drug-likeness (QED) is 0.408. The second-order valence-electron chi connectivity index (χ2n) is 4.37. The van der Waals surface area contributed by atoms with Gasteiger partial charge in [0.2, 0.25) is 0 Å². The largest absolute Gasteiger partial charge is 0.323 e. The second-order valence-corrected chi connectivity index (χ2v) is 5.98. The maximum Gasteiger partial charge on any atom is 0.257 e. The van der Waals surface area contributed by atoms with Crippen molar-refractivity contribution < 1.29 is 4.79 Å². The first kappa shape index (κ1) is 16.1. The second kappa shape index (κ2) is 6.66. The number of hydrogen-bond donors (Lipinski definition) is 3. The molecule has 7 heteroatoms. The van der Waals surface area contributed by atoms with Crippen molar-refractivity contribution >= 4 is 56.4 Å². The average Bonchev–Trinajstić information content (AvgIpc) is 2.47. The Morgan fingerprint density at radius 3 is 2.48 bits per heavy atom. The zero-order chi connectivity index (χ0) is 15.6. The zero-order valence-electron chi connectivity index (χ0n) is 11.0. The highest BCUT2D eigenvalue weighted by Gasteiger charge is 2.15. The Bertz CT molecular complexity index is 707. The number of nitrogens with two attached hydrogens (primary N) is 1. The molecule has 0 bridgehead atoms. The van der Waals surface area contributed by atoms with Crippen LogP contribution in [0, 0.1) is 6.92 Å². The number of anilines is 2. The predicted octanol–water partition coefficient (Wildman–Crippen LogP) is 4.60. The molecule has 4 nitrogen and oxygen atoms in total. The van der Waals surface area contributed by atoms with Gasteiger partial charge in [-0.15, -0.1) is 0 Å². The molecule has 0 spiro atoms. The average molecular weight is 389 g/mol. The lowest BCUT2D eigenvalue weighted by molar-refractivity contribution is 0.102. The molecule has 110 valence electrons. The summed E-state index contributed by atoms with van der Waals surface area (Å²) < 4.78 is 0.659. The number of carbonyl (C=O) groups is 1. The Morgan fingerprint density at radius 1 is 1.14 bits per heavy atom. The lowest BCUT2D eigenvalue weighted by atomic mass is 10.1. The molecule has 0 heterocycles. The minimum atomic E-state index is -0.327. The van der Waals surface area contributed by atoms with Gasteiger partial charge in [-0.3, -0.25) is 10.6 Å². The van der Waals surface area contributed by atoms with Crippen LogP contribution in [0.4, 0.5) is 11.4 Å². The monoisotopic (exact) mass is 387 g/mol. The number of aryl methyl sites for hydroxylation is 1. The molecule has 0 aliphatic rings. The molecular weight excluding hydrogens is 377 g/mol. The molecule has 0 aliphatic heterocycles. The van der Waals surface area contributed by atoms with E-state index in [0.29, 0.717) is 26.4 Å². The number of benzene rings is 2. The van der Waals surface area contributed by atoms with Gasteiger partial charge in [0.05, 0.1) is 27.0 Å². The summed E-state index contributed by atoms with van der Waals surface area (Å²) in [6.45, 7) is 1.89. The number of rotatable bonds is 3. The molecule has 2 aromatic carbocycles. The van der Waals surface area contributed by atoms with E-state index in [0.717, 1.165) is 5.56 Å². The zero-order valence-corrected chi connectivity index (χ0v) is 14.1. The molecule has 2 rings (SSSR count). The van der Waals surface area contributed by atoms with Crippen molar-refractivity contribution in [2.24, 2.45) is 5.84 Å². The first-order valence-electron chi connectivity index (χ1n) is 5.96. The van der Waals surface area contributed by atoms with Gasteiger partial charge in [0.25, 0.3) is 5.91 Å². The van der Waals surface area contributed by atoms with Crippen molar-refractivity contribution in [3.05, 3.63) is 56.0 Å². The highest BCUT2D eigenvalue weighted by atomic mass is 79.9. The van der Waals surface area contributed by atoms with E-state index in [1.165, 1.54) is 0 Å². The van der Waals surface area contributed by atoms with Crippen molar-refractivity contribution in [1.82, 2.24) is 0 Å². The number of nitrogens with one attached hydrogen (secondary N) is 2. The van der Waals surface area contributed by atoms with Crippen molar-refractivity contribution in [2.45, 2.75) is 6.92 Å². The molecule has 4 N–H and O–H groups in total. The summed E-state index contributed by atoms with van der Waals surface area (Å²) in [6, 6.07) is 8.71. The van der Waals surface area contributed by atoms with E-state index >= 15 is 0 Å². The lowest BCUT2D eigenvalue weighted by Crippen LogP contribution is -2.17. The molecule has 0 atom stereocenters. The topological polar surface area (TPSA) is 67.1 Å². The summed E-state index contributed by atoms with van der Waals surface area (Å²) in [4.78, 5) is 12.4. The molecule has 0 aliphatic carbocycles. The van der Waals surface area contributed by atoms with Crippen molar-refractivity contribution in [2.75, 3.05) is 10.7 Å². The van der Waals surface area contributed by atoms with E-state index in [1.54, 1.807) is 24.3 Å². The molecule has 0 saturated heterocycles. The smallest absolute Gasteiger partial charge is 0.257 e. The number of halogens is 3. The van der Waals surface area contributed by atoms with E-state index in [9.17, 15) is 4.79 Å². The van der Waals surface area contributed by atoms with Crippen LogP contribution in [0.2, 0.25) is 10.0 Å². The van der Waals surface area contributed by atoms with Crippen LogP contribution in [-0.2, 0) is 0 Å². The molecule has 2 aromatic rings. The number of nitrogen functional groups attached to an aromatic ring is 1. The van der Waals surface area contributed by atoms with Crippen molar-refractivity contribution in [3.63, 3.8) is 0 Å². The predicted molar refractivity (Wildman–Crippen MR) is 91.1 cm³/mol. The van der Waals surface area contributed by atoms with Gasteiger partial charge in [-0.05, 0) is 47.1 Å². The highest BCUT2D eigenvalue weighted by molar-refractivity contribution is 9.10. The maximum absolute atomic E-state index is 12.4. The van der Waals surface area contributed by atoms with Crippen LogP contribution >= 0.6 is 39.1 Å². The normalized spacial score (nSPS) is 10.3. The van der Waals surface area contributed by atoms with Gasteiger partial charge in [-0.1, -0.05) is 34.8 Å². The first-order chi connectivity index (χ1) is 9.93. The highest BCUT2D eigenvalue weighted by Crippen LogP contribution is 2.36. The third-order valence-corrected chi connectivity index (χ3v) is 4.63. The lowest BCUT2D eigenvalue weighted by Gasteiger charge is -2.12. The summed E-state index contributed by atoms with van der Waals surface area (Å²) in [6.07, 6.45) is 0. The number of carbonyl (C=O) groups excluding carboxylic acids is 1. The van der Waals surface area contributed by atoms with E-state index in [2.05, 4.69) is 26.7 Å². The summed E-state index contributed by atoms with van der Waals surface area (Å²) in [5.74, 6) is 5.10. The Labute approximate surface area is 140 Å². The molecule has 0 aromatic heterocycles. The van der Waals surface area contributed by atoms with Gasteiger partial charge in [0, 0.05) is 4.47 Å². The van der Waals surface area contributed by atoms with Crippen LogP contribution in [0.15, 0.2) is 34.8 Å². The van der Waals surface area contributed by atoms with Gasteiger partial charge >= 0.3 is 0 Å². The van der Waals surface area contributed by atoms with Crippen LogP contribution in [0.5, 0.6) is 0 Å². The van der Waals surface area contributed by atoms with E-state index in [-0.39, 0.29) is 10.9 Å². The van der Waals surface area contributed by atoms with E-state index in [1.807, 2.05) is 13.0 Å². The van der Waals surface area contributed by atoms with Crippen LogP contribution in [0.3, 0.4) is 0 Å². The minimum Gasteiger partial charge on any atom is -0.323 e.